The van der Waals surface area contributed by atoms with E-state index in [1.54, 1.807) is 18.2 Å². The summed E-state index contributed by atoms with van der Waals surface area (Å²) in [4.78, 5) is 21.9. The summed E-state index contributed by atoms with van der Waals surface area (Å²) in [5.41, 5.74) is -1.34. The second kappa shape index (κ2) is 10.4. The third kappa shape index (κ3) is 4.67. The van der Waals surface area contributed by atoms with Gasteiger partial charge in [0.05, 0.1) is 12.4 Å². The van der Waals surface area contributed by atoms with E-state index in [2.05, 4.69) is 23.6 Å². The largest absolute Gasteiger partial charge is 0.475 e. The first-order chi connectivity index (χ1) is 16.5. The van der Waals surface area contributed by atoms with Crippen molar-refractivity contribution in [3.8, 4) is 0 Å². The summed E-state index contributed by atoms with van der Waals surface area (Å²) >= 11 is 4.02. The standard InChI is InChI=1S/C20H24F2O2S.C5H4O3.C2H6/c1-10-3-4-12-11(7-10)16(21)8-15-13-5-6-14(18(24)25)19(13,2)9-17(23)20(12,15)22;6-5(7)4-2-1-3-8-4;1-2/h3-4,7,12-17,23H,1,5-6,8-9H2,2H3,(H,24,25);1-3H,(H,6,7);1-2H3/t12-,13?,14?,15?,16-,17?,19-,20-;;/m0../s1. The van der Waals surface area contributed by atoms with E-state index in [1.165, 1.54) is 18.4 Å². The van der Waals surface area contributed by atoms with Crippen molar-refractivity contribution in [2.24, 2.45) is 29.1 Å². The van der Waals surface area contributed by atoms with Gasteiger partial charge in [-0.3, -0.25) is 4.79 Å². The van der Waals surface area contributed by atoms with Gasteiger partial charge in [-0.05, 0) is 60.3 Å². The topological polar surface area (TPSA) is 87.7 Å². The summed E-state index contributed by atoms with van der Waals surface area (Å²) in [7, 11) is 0. The maximum absolute atomic E-state index is 16.3. The molecule has 4 aliphatic rings. The zero-order valence-corrected chi connectivity index (χ0v) is 21.2. The van der Waals surface area contributed by atoms with Crippen LogP contribution in [0.15, 0.2) is 58.8 Å². The Morgan fingerprint density at radius 1 is 1.26 bits per heavy atom. The molecule has 192 valence electrons. The molecule has 4 aliphatic carbocycles. The van der Waals surface area contributed by atoms with Crippen molar-refractivity contribution in [1.29, 1.82) is 0 Å². The van der Waals surface area contributed by atoms with Gasteiger partial charge in [0, 0.05) is 17.8 Å². The van der Waals surface area contributed by atoms with Crippen molar-refractivity contribution in [1.82, 2.24) is 0 Å². The fraction of sp³-hybridized carbons (Fsp3) is 0.556. The van der Waals surface area contributed by atoms with E-state index in [1.807, 2.05) is 20.8 Å². The van der Waals surface area contributed by atoms with Crippen molar-refractivity contribution in [2.45, 2.75) is 64.4 Å². The van der Waals surface area contributed by atoms with E-state index in [4.69, 9.17) is 5.11 Å². The van der Waals surface area contributed by atoms with Gasteiger partial charge in [0.25, 0.3) is 0 Å². The summed E-state index contributed by atoms with van der Waals surface area (Å²) in [5, 5.41) is 18.8. The number of carboxylic acid groups (broad SMARTS) is 1. The van der Waals surface area contributed by atoms with Crippen molar-refractivity contribution < 1.29 is 33.0 Å². The van der Waals surface area contributed by atoms with Crippen LogP contribution in [0.1, 0.15) is 57.0 Å². The van der Waals surface area contributed by atoms with Crippen LogP contribution in [0.4, 0.5) is 8.78 Å². The molecule has 1 aromatic heterocycles. The minimum absolute atomic E-state index is 0.0231. The van der Waals surface area contributed by atoms with Crippen molar-refractivity contribution in [2.75, 3.05) is 0 Å². The summed E-state index contributed by atoms with van der Waals surface area (Å²) in [5.74, 6) is -2.80. The summed E-state index contributed by atoms with van der Waals surface area (Å²) in [6.07, 6.45) is 5.47. The van der Waals surface area contributed by atoms with Crippen LogP contribution in [0.3, 0.4) is 0 Å². The highest BCUT2D eigenvalue weighted by molar-refractivity contribution is 7.96. The number of alkyl halides is 2. The maximum Gasteiger partial charge on any atom is 0.371 e. The third-order valence-corrected chi connectivity index (χ3v) is 8.46. The van der Waals surface area contributed by atoms with Gasteiger partial charge in [-0.2, -0.15) is 0 Å². The first kappa shape index (κ1) is 27.4. The SMILES string of the molecule is C=C1C=C[C@H]2C(=C1)[C@@H](F)CC1C3CCC(C(=O)S)[C@@]3(C)CC(O)[C@@]12F.CC.O=C(O)c1ccco1. The molecule has 0 aromatic carbocycles. The number of fused-ring (bicyclic) bond motifs is 5. The van der Waals surface area contributed by atoms with E-state index in [-0.39, 0.29) is 35.6 Å². The highest BCUT2D eigenvalue weighted by Crippen LogP contribution is 2.66. The number of aliphatic hydroxyl groups excluding tert-OH is 1. The van der Waals surface area contributed by atoms with Crippen LogP contribution >= 0.6 is 12.6 Å². The molecule has 0 bridgehead atoms. The number of carbonyl (C=O) groups is 2. The Kier molecular flexibility index (Phi) is 8.16. The van der Waals surface area contributed by atoms with Crippen LogP contribution in [0.2, 0.25) is 0 Å². The van der Waals surface area contributed by atoms with Crippen molar-refractivity contribution in [3.05, 3.63) is 60.1 Å². The molecule has 1 heterocycles. The van der Waals surface area contributed by atoms with Crippen LogP contribution < -0.4 is 0 Å². The van der Waals surface area contributed by atoms with E-state index >= 15 is 4.39 Å². The smallest absolute Gasteiger partial charge is 0.371 e. The summed E-state index contributed by atoms with van der Waals surface area (Å²) in [6, 6.07) is 2.92. The number of hydrogen-bond acceptors (Lipinski definition) is 4. The van der Waals surface area contributed by atoms with Gasteiger partial charge in [-0.1, -0.05) is 45.6 Å². The quantitative estimate of drug-likeness (QED) is 0.428. The van der Waals surface area contributed by atoms with Gasteiger partial charge in [0.15, 0.2) is 5.12 Å². The molecule has 8 heteroatoms. The first-order valence-electron chi connectivity index (χ1n) is 12.1. The Hall–Kier alpha value is -2.19. The predicted molar refractivity (Wildman–Crippen MR) is 133 cm³/mol. The minimum Gasteiger partial charge on any atom is -0.475 e. The van der Waals surface area contributed by atoms with Crippen molar-refractivity contribution >= 4 is 23.7 Å². The van der Waals surface area contributed by atoms with Crippen LogP contribution in [-0.4, -0.2) is 39.2 Å². The average Bonchev–Trinajstić information content (AvgIpc) is 3.46. The number of aromatic carboxylic acids is 1. The molecule has 5 rings (SSSR count). The fourth-order valence-corrected chi connectivity index (χ4v) is 7.09. The van der Waals surface area contributed by atoms with Crippen LogP contribution in [0.5, 0.6) is 0 Å². The third-order valence-electron chi connectivity index (χ3n) is 8.15. The molecule has 0 saturated heterocycles. The second-order valence-electron chi connectivity index (χ2n) is 9.78. The number of furan rings is 1. The van der Waals surface area contributed by atoms with Gasteiger partial charge in [-0.15, -0.1) is 12.6 Å². The van der Waals surface area contributed by atoms with Gasteiger partial charge in [-0.25, -0.2) is 13.6 Å². The molecule has 0 spiro atoms. The lowest BCUT2D eigenvalue weighted by Crippen LogP contribution is -2.64. The molecule has 0 radical (unpaired) electrons. The average molecular weight is 509 g/mol. The molecule has 3 saturated carbocycles. The Balaban J connectivity index is 0.000000289. The zero-order valence-electron chi connectivity index (χ0n) is 20.3. The number of carbonyl (C=O) groups excluding carboxylic acids is 1. The number of hydrogen-bond donors (Lipinski definition) is 3. The van der Waals surface area contributed by atoms with Crippen LogP contribution in [0.25, 0.3) is 0 Å². The molecule has 8 atom stereocenters. The number of halogens is 2. The highest BCUT2D eigenvalue weighted by atomic mass is 32.1. The fourth-order valence-electron chi connectivity index (χ4n) is 6.67. The van der Waals surface area contributed by atoms with E-state index in [9.17, 15) is 19.1 Å². The van der Waals surface area contributed by atoms with Gasteiger partial charge < -0.3 is 14.6 Å². The maximum atomic E-state index is 16.3. The van der Waals surface area contributed by atoms with Crippen LogP contribution in [-0.2, 0) is 4.79 Å². The lowest BCUT2D eigenvalue weighted by atomic mass is 9.49. The Morgan fingerprint density at radius 2 is 1.94 bits per heavy atom. The molecule has 0 amide bonds. The molecule has 35 heavy (non-hydrogen) atoms. The van der Waals surface area contributed by atoms with E-state index in [0.717, 1.165) is 0 Å². The number of rotatable bonds is 2. The van der Waals surface area contributed by atoms with Gasteiger partial charge >= 0.3 is 5.97 Å². The zero-order chi connectivity index (χ0) is 26.1. The van der Waals surface area contributed by atoms with E-state index in [0.29, 0.717) is 24.0 Å². The normalized spacial score (nSPS) is 38.9. The van der Waals surface area contributed by atoms with Crippen molar-refractivity contribution in [3.63, 3.8) is 0 Å². The summed E-state index contributed by atoms with van der Waals surface area (Å²) in [6.45, 7) is 9.77. The van der Waals surface area contributed by atoms with E-state index < -0.39 is 41.2 Å². The molecule has 5 nitrogen and oxygen atoms in total. The lowest BCUT2D eigenvalue weighted by Gasteiger charge is -2.58. The second-order valence-corrected chi connectivity index (χ2v) is 10.2. The van der Waals surface area contributed by atoms with Gasteiger partial charge in [0.2, 0.25) is 5.76 Å². The number of aliphatic hydroxyl groups is 1. The molecule has 3 fully saturated rings. The molecule has 0 aliphatic heterocycles. The van der Waals surface area contributed by atoms with Crippen LogP contribution in [0, 0.1) is 29.1 Å². The molecular weight excluding hydrogens is 474 g/mol. The number of thiol groups is 1. The summed E-state index contributed by atoms with van der Waals surface area (Å²) < 4.78 is 35.8. The highest BCUT2D eigenvalue weighted by Gasteiger charge is 2.68. The monoisotopic (exact) mass is 508 g/mol. The molecular formula is C27H34F2O5S. The predicted octanol–water partition coefficient (Wildman–Crippen LogP) is 5.98. The Labute approximate surface area is 210 Å². The number of carboxylic acids is 1. The van der Waals surface area contributed by atoms with Gasteiger partial charge in [0.1, 0.15) is 11.8 Å². The molecule has 2 N–H and O–H groups in total. The number of allylic oxidation sites excluding steroid dienone is 5. The first-order valence-corrected chi connectivity index (χ1v) is 12.5. The minimum atomic E-state index is -1.88. The Bertz CT molecular complexity index is 1020. The molecule has 1 aromatic rings. The molecule has 4 unspecified atom stereocenters. The Morgan fingerprint density at radius 3 is 2.49 bits per heavy atom. The lowest BCUT2D eigenvalue weighted by molar-refractivity contribution is -0.179.